The van der Waals surface area contributed by atoms with Crippen molar-refractivity contribution in [2.75, 3.05) is 26.3 Å². The molecule has 1 aromatic heterocycles. The van der Waals surface area contributed by atoms with Crippen molar-refractivity contribution in [3.63, 3.8) is 0 Å². The fraction of sp³-hybridized carbons (Fsp3) is 0.600. The van der Waals surface area contributed by atoms with Crippen LogP contribution >= 0.6 is 0 Å². The van der Waals surface area contributed by atoms with Crippen molar-refractivity contribution in [1.29, 1.82) is 0 Å². The second kappa shape index (κ2) is 6.16. The number of alkyl halides is 2. The van der Waals surface area contributed by atoms with Gasteiger partial charge < -0.3 is 14.4 Å². The Morgan fingerprint density at radius 2 is 2.09 bits per heavy atom. The molecule has 0 bridgehead atoms. The third-order valence-electron chi connectivity index (χ3n) is 4.46. The molecule has 22 heavy (non-hydrogen) atoms. The van der Waals surface area contributed by atoms with Gasteiger partial charge in [0, 0.05) is 26.3 Å². The highest BCUT2D eigenvalue weighted by atomic mass is 19.3. The minimum absolute atomic E-state index is 0.0473. The first-order chi connectivity index (χ1) is 10.6. The average molecular weight is 312 g/mol. The van der Waals surface area contributed by atoms with Crippen molar-refractivity contribution < 1.29 is 23.0 Å². The summed E-state index contributed by atoms with van der Waals surface area (Å²) >= 11 is 0. The molecule has 3 heterocycles. The Bertz CT molecular complexity index is 530. The molecule has 0 aliphatic carbocycles. The molecular weight excluding hydrogens is 294 g/mol. The van der Waals surface area contributed by atoms with Gasteiger partial charge in [0.05, 0.1) is 6.20 Å². The van der Waals surface area contributed by atoms with Gasteiger partial charge in [-0.3, -0.25) is 4.79 Å². The van der Waals surface area contributed by atoms with Crippen LogP contribution in [0.4, 0.5) is 8.78 Å². The molecule has 5 nitrogen and oxygen atoms in total. The molecule has 2 saturated heterocycles. The number of carbonyl (C=O) groups excluding carboxylic acids is 1. The lowest BCUT2D eigenvalue weighted by Gasteiger charge is -2.33. The first-order valence-electron chi connectivity index (χ1n) is 7.36. The van der Waals surface area contributed by atoms with E-state index in [2.05, 4.69) is 9.72 Å². The van der Waals surface area contributed by atoms with Crippen LogP contribution in [0.25, 0.3) is 0 Å². The normalized spacial score (nSPS) is 20.6. The van der Waals surface area contributed by atoms with Crippen LogP contribution in [0.15, 0.2) is 18.3 Å². The lowest BCUT2D eigenvalue weighted by Crippen LogP contribution is -2.35. The van der Waals surface area contributed by atoms with E-state index in [0.29, 0.717) is 13.1 Å². The number of carbonyl (C=O) groups is 1. The Labute approximate surface area is 127 Å². The minimum Gasteiger partial charge on any atom is -0.433 e. The van der Waals surface area contributed by atoms with Crippen LogP contribution in [-0.2, 0) is 4.74 Å². The summed E-state index contributed by atoms with van der Waals surface area (Å²) in [4.78, 5) is 18.2. The van der Waals surface area contributed by atoms with E-state index in [1.165, 1.54) is 12.1 Å². The SMILES string of the molecule is O=C(c1ccc(OC(F)F)cn1)N1CCC2(CCOCC2)C1. The van der Waals surface area contributed by atoms with Crippen LogP contribution in [0.1, 0.15) is 29.8 Å². The third-order valence-corrected chi connectivity index (χ3v) is 4.46. The Kier molecular flexibility index (Phi) is 4.24. The zero-order valence-corrected chi connectivity index (χ0v) is 12.1. The average Bonchev–Trinajstić information content (AvgIpc) is 2.91. The van der Waals surface area contributed by atoms with Gasteiger partial charge in [-0.25, -0.2) is 4.98 Å². The Balaban J connectivity index is 1.64. The molecule has 0 atom stereocenters. The van der Waals surface area contributed by atoms with Gasteiger partial charge >= 0.3 is 6.61 Å². The van der Waals surface area contributed by atoms with Crippen LogP contribution in [0.5, 0.6) is 5.75 Å². The zero-order chi connectivity index (χ0) is 15.6. The number of likely N-dealkylation sites (tertiary alicyclic amines) is 1. The second-order valence-corrected chi connectivity index (χ2v) is 5.85. The van der Waals surface area contributed by atoms with E-state index in [4.69, 9.17) is 4.74 Å². The van der Waals surface area contributed by atoms with Crippen LogP contribution < -0.4 is 4.74 Å². The van der Waals surface area contributed by atoms with Crippen LogP contribution in [0.2, 0.25) is 0 Å². The van der Waals surface area contributed by atoms with Gasteiger partial charge in [0.25, 0.3) is 5.91 Å². The maximum absolute atomic E-state index is 12.4. The summed E-state index contributed by atoms with van der Waals surface area (Å²) in [7, 11) is 0. The predicted molar refractivity (Wildman–Crippen MR) is 73.9 cm³/mol. The van der Waals surface area contributed by atoms with E-state index in [1.807, 2.05) is 0 Å². The summed E-state index contributed by atoms with van der Waals surface area (Å²) in [5.41, 5.74) is 0.429. The number of pyridine rings is 1. The largest absolute Gasteiger partial charge is 0.433 e. The van der Waals surface area contributed by atoms with Crippen molar-refractivity contribution >= 4 is 5.91 Å². The molecule has 2 aliphatic heterocycles. The molecule has 0 aromatic carbocycles. The minimum atomic E-state index is -2.89. The van der Waals surface area contributed by atoms with E-state index in [9.17, 15) is 13.6 Å². The molecule has 1 spiro atoms. The Morgan fingerprint density at radius 3 is 2.73 bits per heavy atom. The van der Waals surface area contributed by atoms with Gasteiger partial charge in [-0.2, -0.15) is 8.78 Å². The van der Waals surface area contributed by atoms with E-state index < -0.39 is 6.61 Å². The summed E-state index contributed by atoms with van der Waals surface area (Å²) in [6, 6.07) is 2.77. The summed E-state index contributed by atoms with van der Waals surface area (Å²) in [6.45, 7) is 0.0253. The monoisotopic (exact) mass is 312 g/mol. The highest BCUT2D eigenvalue weighted by Crippen LogP contribution is 2.40. The molecule has 0 saturated carbocycles. The van der Waals surface area contributed by atoms with E-state index >= 15 is 0 Å². The number of rotatable bonds is 3. The first-order valence-corrected chi connectivity index (χ1v) is 7.36. The molecule has 2 fully saturated rings. The van der Waals surface area contributed by atoms with Crippen molar-refractivity contribution in [1.82, 2.24) is 9.88 Å². The van der Waals surface area contributed by atoms with Gasteiger partial charge in [-0.15, -0.1) is 0 Å². The van der Waals surface area contributed by atoms with Crippen LogP contribution in [0, 0.1) is 5.41 Å². The molecule has 0 unspecified atom stereocenters. The lowest BCUT2D eigenvalue weighted by atomic mass is 9.80. The fourth-order valence-electron chi connectivity index (χ4n) is 3.16. The van der Waals surface area contributed by atoms with Crippen LogP contribution in [-0.4, -0.2) is 48.7 Å². The second-order valence-electron chi connectivity index (χ2n) is 5.85. The number of halogens is 2. The molecule has 2 aliphatic rings. The fourth-order valence-corrected chi connectivity index (χ4v) is 3.16. The number of aromatic nitrogens is 1. The Morgan fingerprint density at radius 1 is 1.32 bits per heavy atom. The third kappa shape index (κ3) is 3.19. The topological polar surface area (TPSA) is 51.7 Å². The van der Waals surface area contributed by atoms with Crippen molar-refractivity contribution in [3.8, 4) is 5.75 Å². The van der Waals surface area contributed by atoms with Crippen molar-refractivity contribution in [2.24, 2.45) is 5.41 Å². The molecule has 7 heteroatoms. The van der Waals surface area contributed by atoms with E-state index in [0.717, 1.165) is 38.7 Å². The highest BCUT2D eigenvalue weighted by Gasteiger charge is 2.41. The van der Waals surface area contributed by atoms with E-state index in [-0.39, 0.29) is 22.8 Å². The van der Waals surface area contributed by atoms with Gasteiger partial charge in [-0.05, 0) is 36.8 Å². The predicted octanol–water partition coefficient (Wildman–Crippen LogP) is 2.33. The number of nitrogens with zero attached hydrogens (tertiary/aromatic N) is 2. The van der Waals surface area contributed by atoms with Crippen molar-refractivity contribution in [2.45, 2.75) is 25.9 Å². The Hall–Kier alpha value is -1.76. The summed E-state index contributed by atoms with van der Waals surface area (Å²) in [5, 5.41) is 0. The number of hydrogen-bond acceptors (Lipinski definition) is 4. The van der Waals surface area contributed by atoms with Gasteiger partial charge in [0.2, 0.25) is 0 Å². The maximum Gasteiger partial charge on any atom is 0.387 e. The molecule has 1 aromatic rings. The number of amides is 1. The van der Waals surface area contributed by atoms with Gasteiger partial charge in [-0.1, -0.05) is 0 Å². The number of hydrogen-bond donors (Lipinski definition) is 0. The first kappa shape index (κ1) is 15.1. The van der Waals surface area contributed by atoms with Gasteiger partial charge in [0.1, 0.15) is 11.4 Å². The van der Waals surface area contributed by atoms with Gasteiger partial charge in [0.15, 0.2) is 0 Å². The zero-order valence-electron chi connectivity index (χ0n) is 12.1. The molecule has 0 radical (unpaired) electrons. The summed E-state index contributed by atoms with van der Waals surface area (Å²) < 4.78 is 33.8. The molecular formula is C15H18F2N2O3. The summed E-state index contributed by atoms with van der Waals surface area (Å²) in [5.74, 6) is -0.208. The quantitative estimate of drug-likeness (QED) is 0.859. The molecule has 0 N–H and O–H groups in total. The lowest BCUT2D eigenvalue weighted by molar-refractivity contribution is -0.0500. The number of ether oxygens (including phenoxy) is 2. The maximum atomic E-state index is 12.4. The molecule has 120 valence electrons. The smallest absolute Gasteiger partial charge is 0.387 e. The van der Waals surface area contributed by atoms with E-state index in [1.54, 1.807) is 4.90 Å². The van der Waals surface area contributed by atoms with Crippen molar-refractivity contribution in [3.05, 3.63) is 24.0 Å². The van der Waals surface area contributed by atoms with Crippen LogP contribution in [0.3, 0.4) is 0 Å². The molecule has 1 amide bonds. The standard InChI is InChI=1S/C15H18F2N2O3/c16-14(17)22-11-1-2-12(18-9-11)13(20)19-6-3-15(10-19)4-7-21-8-5-15/h1-2,9,14H,3-8,10H2. The summed E-state index contributed by atoms with van der Waals surface area (Å²) in [6.07, 6.45) is 4.09. The highest BCUT2D eigenvalue weighted by molar-refractivity contribution is 5.92. The molecule has 3 rings (SSSR count).